The molecule has 0 aliphatic rings. The summed E-state index contributed by atoms with van der Waals surface area (Å²) in [5.74, 6) is -0.0725. The van der Waals surface area contributed by atoms with E-state index < -0.39 is 0 Å². The van der Waals surface area contributed by atoms with E-state index in [0.717, 1.165) is 0 Å². The molecular weight excluding hydrogens is 264 g/mol. The van der Waals surface area contributed by atoms with Crippen molar-refractivity contribution in [2.24, 2.45) is 0 Å². The van der Waals surface area contributed by atoms with Crippen molar-refractivity contribution in [2.45, 2.75) is 34.1 Å². The van der Waals surface area contributed by atoms with Crippen LogP contribution in [0.4, 0.5) is 5.69 Å². The van der Waals surface area contributed by atoms with Crippen molar-refractivity contribution in [3.8, 4) is 0 Å². The molecular formula is C17H28N2O2. The molecule has 2 amide bonds. The predicted octanol–water partition coefficient (Wildman–Crippen LogP) is 3.96. The van der Waals surface area contributed by atoms with E-state index in [-0.39, 0.29) is 13.2 Å². The fourth-order valence-corrected chi connectivity index (χ4v) is 1.64. The SMILES string of the molecule is C=CCN(CC)C(=O)c1ccc(NC(=O)CC)cc1.CC.[HH]. The highest BCUT2D eigenvalue weighted by Gasteiger charge is 2.12. The first-order valence-corrected chi connectivity index (χ1v) is 7.42. The van der Waals surface area contributed by atoms with E-state index in [1.807, 2.05) is 20.8 Å². The standard InChI is InChI=1S/C15H20N2O2.C2H6.H2/c1-4-11-17(6-3)15(19)12-7-9-13(10-8-12)16-14(18)5-2;1-2;/h4,7-10H,1,5-6,11H2,2-3H3,(H,16,18);1-2H3;1H. The summed E-state index contributed by atoms with van der Waals surface area (Å²) in [4.78, 5) is 25.1. The van der Waals surface area contributed by atoms with Crippen LogP contribution in [0.3, 0.4) is 0 Å². The maximum absolute atomic E-state index is 12.1. The molecule has 0 radical (unpaired) electrons. The summed E-state index contributed by atoms with van der Waals surface area (Å²) in [5.41, 5.74) is 1.31. The molecule has 1 aromatic rings. The predicted molar refractivity (Wildman–Crippen MR) is 90.6 cm³/mol. The topological polar surface area (TPSA) is 49.4 Å². The first-order valence-electron chi connectivity index (χ1n) is 7.42. The Morgan fingerprint density at radius 3 is 2.24 bits per heavy atom. The summed E-state index contributed by atoms with van der Waals surface area (Å²) in [6.07, 6.45) is 2.14. The molecule has 0 aliphatic heterocycles. The van der Waals surface area contributed by atoms with Gasteiger partial charge in [0, 0.05) is 32.2 Å². The minimum absolute atomic E-state index is 0. The van der Waals surface area contributed by atoms with E-state index >= 15 is 0 Å². The van der Waals surface area contributed by atoms with E-state index in [2.05, 4.69) is 11.9 Å². The van der Waals surface area contributed by atoms with Gasteiger partial charge in [-0.25, -0.2) is 0 Å². The van der Waals surface area contributed by atoms with Crippen LogP contribution >= 0.6 is 0 Å². The van der Waals surface area contributed by atoms with Gasteiger partial charge in [0.05, 0.1) is 0 Å². The Labute approximate surface area is 129 Å². The molecule has 0 aliphatic carbocycles. The van der Waals surface area contributed by atoms with Crippen LogP contribution < -0.4 is 5.32 Å². The lowest BCUT2D eigenvalue weighted by Gasteiger charge is -2.19. The summed E-state index contributed by atoms with van der Waals surface area (Å²) >= 11 is 0. The van der Waals surface area contributed by atoms with Crippen LogP contribution in [0.1, 0.15) is 45.9 Å². The number of carbonyl (C=O) groups is 2. The molecule has 0 bridgehead atoms. The van der Waals surface area contributed by atoms with Crippen LogP contribution in [0.5, 0.6) is 0 Å². The van der Waals surface area contributed by atoms with Gasteiger partial charge in [0.1, 0.15) is 0 Å². The summed E-state index contributed by atoms with van der Waals surface area (Å²) < 4.78 is 0. The molecule has 4 heteroatoms. The third-order valence-electron chi connectivity index (χ3n) is 2.76. The maximum Gasteiger partial charge on any atom is 0.254 e. The number of nitrogens with zero attached hydrogens (tertiary/aromatic N) is 1. The third kappa shape index (κ3) is 6.25. The zero-order valence-corrected chi connectivity index (χ0v) is 13.5. The molecule has 0 atom stereocenters. The number of benzene rings is 1. The number of carbonyl (C=O) groups excluding carboxylic acids is 2. The number of rotatable bonds is 6. The second-order valence-electron chi connectivity index (χ2n) is 4.11. The Morgan fingerprint density at radius 2 is 1.81 bits per heavy atom. The molecule has 0 spiro atoms. The maximum atomic E-state index is 12.1. The number of hydrogen-bond donors (Lipinski definition) is 1. The van der Waals surface area contributed by atoms with E-state index in [0.29, 0.717) is 30.8 Å². The number of amides is 2. The minimum atomic E-state index is -0.0408. The smallest absolute Gasteiger partial charge is 0.254 e. The van der Waals surface area contributed by atoms with Gasteiger partial charge in [-0.05, 0) is 31.2 Å². The van der Waals surface area contributed by atoms with E-state index in [1.165, 1.54) is 0 Å². The number of hydrogen-bond acceptors (Lipinski definition) is 2. The summed E-state index contributed by atoms with van der Waals surface area (Å²) in [7, 11) is 0. The van der Waals surface area contributed by atoms with Gasteiger partial charge in [0.15, 0.2) is 0 Å². The average Bonchev–Trinajstić information content (AvgIpc) is 2.54. The highest BCUT2D eigenvalue weighted by atomic mass is 16.2. The normalized spacial score (nSPS) is 9.14. The minimum Gasteiger partial charge on any atom is -0.335 e. The molecule has 0 aromatic heterocycles. The van der Waals surface area contributed by atoms with Gasteiger partial charge in [-0.15, -0.1) is 6.58 Å². The first kappa shape index (κ1) is 18.9. The summed E-state index contributed by atoms with van der Waals surface area (Å²) in [6, 6.07) is 6.92. The highest BCUT2D eigenvalue weighted by Crippen LogP contribution is 2.12. The van der Waals surface area contributed by atoms with Crippen LogP contribution in [0, 0.1) is 0 Å². The Balaban J connectivity index is 0. The number of anilines is 1. The van der Waals surface area contributed by atoms with Crippen molar-refractivity contribution in [2.75, 3.05) is 18.4 Å². The van der Waals surface area contributed by atoms with Crippen molar-refractivity contribution >= 4 is 17.5 Å². The Morgan fingerprint density at radius 1 is 1.24 bits per heavy atom. The molecule has 0 saturated carbocycles. The largest absolute Gasteiger partial charge is 0.335 e. The van der Waals surface area contributed by atoms with Crippen molar-refractivity contribution in [3.05, 3.63) is 42.5 Å². The highest BCUT2D eigenvalue weighted by molar-refractivity contribution is 5.95. The molecule has 1 aromatic carbocycles. The van der Waals surface area contributed by atoms with Crippen molar-refractivity contribution < 1.29 is 11.0 Å². The van der Waals surface area contributed by atoms with Crippen molar-refractivity contribution in [1.29, 1.82) is 0 Å². The van der Waals surface area contributed by atoms with Crippen molar-refractivity contribution in [3.63, 3.8) is 0 Å². The molecule has 0 saturated heterocycles. The van der Waals surface area contributed by atoms with E-state index in [9.17, 15) is 9.59 Å². The third-order valence-corrected chi connectivity index (χ3v) is 2.76. The van der Waals surface area contributed by atoms with Gasteiger partial charge in [-0.3, -0.25) is 9.59 Å². The second kappa shape index (κ2) is 10.7. The van der Waals surface area contributed by atoms with Crippen LogP contribution in [0.25, 0.3) is 0 Å². The number of likely N-dealkylation sites (N-methyl/N-ethyl adjacent to an activating group) is 1. The Kier molecular flexibility index (Phi) is 9.59. The molecule has 0 fully saturated rings. The lowest BCUT2D eigenvalue weighted by molar-refractivity contribution is -0.115. The van der Waals surface area contributed by atoms with Gasteiger partial charge in [-0.2, -0.15) is 0 Å². The fourth-order valence-electron chi connectivity index (χ4n) is 1.64. The average molecular weight is 292 g/mol. The molecule has 0 unspecified atom stereocenters. The zero-order valence-electron chi connectivity index (χ0n) is 13.5. The van der Waals surface area contributed by atoms with Crippen LogP contribution in [-0.4, -0.2) is 29.8 Å². The van der Waals surface area contributed by atoms with E-state index in [4.69, 9.17) is 0 Å². The van der Waals surface area contributed by atoms with Crippen molar-refractivity contribution in [1.82, 2.24) is 4.90 Å². The van der Waals surface area contributed by atoms with Crippen LogP contribution in [0.2, 0.25) is 0 Å². The molecule has 0 heterocycles. The molecule has 1 rings (SSSR count). The van der Waals surface area contributed by atoms with Crippen LogP contribution in [-0.2, 0) is 4.79 Å². The monoisotopic (exact) mass is 292 g/mol. The van der Waals surface area contributed by atoms with Gasteiger partial charge in [0.25, 0.3) is 5.91 Å². The molecule has 118 valence electrons. The fraction of sp³-hybridized carbons (Fsp3) is 0.412. The molecule has 21 heavy (non-hydrogen) atoms. The lowest BCUT2D eigenvalue weighted by Crippen LogP contribution is -2.30. The first-order chi connectivity index (χ1) is 10.1. The molecule has 4 nitrogen and oxygen atoms in total. The number of nitrogens with one attached hydrogen (secondary N) is 1. The second-order valence-corrected chi connectivity index (χ2v) is 4.11. The van der Waals surface area contributed by atoms with Gasteiger partial charge < -0.3 is 10.2 Å². The summed E-state index contributed by atoms with van der Waals surface area (Å²) in [5, 5.41) is 2.75. The van der Waals surface area contributed by atoms with Gasteiger partial charge >= 0.3 is 0 Å². The Hall–Kier alpha value is -2.10. The van der Waals surface area contributed by atoms with Crippen LogP contribution in [0.15, 0.2) is 36.9 Å². The zero-order chi connectivity index (χ0) is 16.3. The summed E-state index contributed by atoms with van der Waals surface area (Å²) in [6.45, 7) is 12.5. The van der Waals surface area contributed by atoms with Gasteiger partial charge in [-0.1, -0.05) is 26.8 Å². The van der Waals surface area contributed by atoms with E-state index in [1.54, 1.807) is 42.2 Å². The Bertz CT molecular complexity index is 458. The quantitative estimate of drug-likeness (QED) is 0.807. The van der Waals surface area contributed by atoms with Gasteiger partial charge in [0.2, 0.25) is 5.91 Å². The molecule has 1 N–H and O–H groups in total. The lowest BCUT2D eigenvalue weighted by atomic mass is 10.1.